The molecule has 0 aromatic carbocycles. The molecule has 0 spiro atoms. The zero-order chi connectivity index (χ0) is 10.3. The van der Waals surface area contributed by atoms with Gasteiger partial charge in [-0.3, -0.25) is 0 Å². The van der Waals surface area contributed by atoms with E-state index in [-0.39, 0.29) is 5.92 Å². The summed E-state index contributed by atoms with van der Waals surface area (Å²) >= 11 is 0. The van der Waals surface area contributed by atoms with Gasteiger partial charge in [-0.25, -0.2) is 0 Å². The number of halogens is 6. The molecule has 0 nitrogen and oxygen atoms in total. The largest absolute Gasteiger partial charge is 0.400 e. The molecule has 1 aliphatic rings. The van der Waals surface area contributed by atoms with Crippen LogP contribution in [0.5, 0.6) is 0 Å². The van der Waals surface area contributed by atoms with Crippen LogP contribution in [0.4, 0.5) is 26.3 Å². The molecule has 0 amide bonds. The Hall–Kier alpha value is -0.420. The zero-order valence-electron chi connectivity index (χ0n) is 6.54. The third kappa shape index (κ3) is 3.08. The van der Waals surface area contributed by atoms with Crippen molar-refractivity contribution >= 4 is 0 Å². The van der Waals surface area contributed by atoms with Crippen LogP contribution in [0.3, 0.4) is 0 Å². The molecule has 0 radical (unpaired) electrons. The summed E-state index contributed by atoms with van der Waals surface area (Å²) in [6.07, 6.45) is -10.1. The third-order valence-electron chi connectivity index (χ3n) is 2.06. The fraction of sp³-hybridized carbons (Fsp3) is 1.00. The zero-order valence-corrected chi connectivity index (χ0v) is 6.54. The normalized spacial score (nSPS) is 19.6. The molecule has 6 heteroatoms. The Morgan fingerprint density at radius 3 is 1.54 bits per heavy atom. The molecule has 0 heterocycles. The van der Waals surface area contributed by atoms with Gasteiger partial charge >= 0.3 is 12.4 Å². The van der Waals surface area contributed by atoms with E-state index < -0.39 is 24.7 Å². The standard InChI is InChI=1S/C7H8F6/c8-6(9,10)5(7(11,12)13)3-4-1-2-4/h4-5H,1-3H2. The highest BCUT2D eigenvalue weighted by Gasteiger charge is 2.57. The summed E-state index contributed by atoms with van der Waals surface area (Å²) in [5.41, 5.74) is 0. The minimum atomic E-state index is -5.15. The van der Waals surface area contributed by atoms with Crippen LogP contribution in [0.25, 0.3) is 0 Å². The van der Waals surface area contributed by atoms with Crippen molar-refractivity contribution in [3.63, 3.8) is 0 Å². The summed E-state index contributed by atoms with van der Waals surface area (Å²) in [4.78, 5) is 0. The molecule has 0 atom stereocenters. The molecule has 0 aromatic rings. The molecule has 13 heavy (non-hydrogen) atoms. The maximum atomic E-state index is 11.9. The first-order valence-electron chi connectivity index (χ1n) is 3.84. The fourth-order valence-electron chi connectivity index (χ4n) is 1.14. The summed E-state index contributed by atoms with van der Waals surface area (Å²) in [6, 6.07) is 0. The van der Waals surface area contributed by atoms with Crippen LogP contribution in [-0.4, -0.2) is 12.4 Å². The maximum absolute atomic E-state index is 11.9. The molecule has 0 N–H and O–H groups in total. The van der Waals surface area contributed by atoms with E-state index in [0.29, 0.717) is 12.8 Å². The SMILES string of the molecule is FC(F)(F)C(CC1CC1)C(F)(F)F. The van der Waals surface area contributed by atoms with E-state index in [1.807, 2.05) is 0 Å². The molecule has 1 fully saturated rings. The number of alkyl halides is 6. The highest BCUT2D eigenvalue weighted by molar-refractivity contribution is 4.83. The summed E-state index contributed by atoms with van der Waals surface area (Å²) in [6.45, 7) is 0. The number of hydrogen-bond donors (Lipinski definition) is 0. The van der Waals surface area contributed by atoms with Gasteiger partial charge in [0.15, 0.2) is 5.92 Å². The second-order valence-electron chi connectivity index (χ2n) is 3.31. The number of rotatable bonds is 2. The van der Waals surface area contributed by atoms with Crippen LogP contribution in [0.1, 0.15) is 19.3 Å². The maximum Gasteiger partial charge on any atom is 0.400 e. The van der Waals surface area contributed by atoms with Crippen molar-refractivity contribution in [2.24, 2.45) is 11.8 Å². The van der Waals surface area contributed by atoms with Gasteiger partial charge in [0, 0.05) is 0 Å². The first kappa shape index (κ1) is 10.7. The fourth-order valence-corrected chi connectivity index (χ4v) is 1.14. The lowest BCUT2D eigenvalue weighted by atomic mass is 10.0. The first-order valence-corrected chi connectivity index (χ1v) is 3.84. The Balaban J connectivity index is 2.63. The van der Waals surface area contributed by atoms with Crippen LogP contribution < -0.4 is 0 Å². The van der Waals surface area contributed by atoms with Crippen LogP contribution >= 0.6 is 0 Å². The minimum absolute atomic E-state index is 0.381. The van der Waals surface area contributed by atoms with Crippen molar-refractivity contribution in [1.29, 1.82) is 0 Å². The lowest BCUT2D eigenvalue weighted by Gasteiger charge is -2.22. The summed E-state index contributed by atoms with van der Waals surface area (Å²) in [7, 11) is 0. The second-order valence-corrected chi connectivity index (χ2v) is 3.31. The Bertz CT molecular complexity index is 160. The van der Waals surface area contributed by atoms with Gasteiger partial charge < -0.3 is 0 Å². The van der Waals surface area contributed by atoms with Crippen molar-refractivity contribution in [2.45, 2.75) is 31.6 Å². The van der Waals surface area contributed by atoms with Gasteiger partial charge in [0.1, 0.15) is 0 Å². The summed E-state index contributed by atoms with van der Waals surface area (Å²) in [5.74, 6) is -3.51. The van der Waals surface area contributed by atoms with E-state index in [1.165, 1.54) is 0 Å². The van der Waals surface area contributed by atoms with Gasteiger partial charge in [0.05, 0.1) is 0 Å². The number of hydrogen-bond acceptors (Lipinski definition) is 0. The average Bonchev–Trinajstić information content (AvgIpc) is 2.58. The van der Waals surface area contributed by atoms with Crippen molar-refractivity contribution in [3.05, 3.63) is 0 Å². The summed E-state index contributed by atoms with van der Waals surface area (Å²) < 4.78 is 71.3. The third-order valence-corrected chi connectivity index (χ3v) is 2.06. The predicted octanol–water partition coefficient (Wildman–Crippen LogP) is 3.53. The average molecular weight is 206 g/mol. The van der Waals surface area contributed by atoms with Gasteiger partial charge in [0.2, 0.25) is 0 Å². The monoisotopic (exact) mass is 206 g/mol. The highest BCUT2D eigenvalue weighted by Crippen LogP contribution is 2.47. The van der Waals surface area contributed by atoms with Gasteiger partial charge in [-0.2, -0.15) is 26.3 Å². The quantitative estimate of drug-likeness (QED) is 0.606. The van der Waals surface area contributed by atoms with Crippen LogP contribution in [-0.2, 0) is 0 Å². The molecule has 0 aliphatic heterocycles. The molecule has 0 saturated heterocycles. The lowest BCUT2D eigenvalue weighted by molar-refractivity contribution is -0.286. The molecule has 1 aliphatic carbocycles. The topological polar surface area (TPSA) is 0 Å². The van der Waals surface area contributed by atoms with E-state index in [4.69, 9.17) is 0 Å². The van der Waals surface area contributed by atoms with Crippen molar-refractivity contribution in [3.8, 4) is 0 Å². The molecular weight excluding hydrogens is 198 g/mol. The van der Waals surface area contributed by atoms with E-state index >= 15 is 0 Å². The predicted molar refractivity (Wildman–Crippen MR) is 32.9 cm³/mol. The molecule has 0 bridgehead atoms. The first-order chi connectivity index (χ1) is 5.71. The Morgan fingerprint density at radius 1 is 0.923 bits per heavy atom. The Labute approximate surface area is 70.9 Å². The van der Waals surface area contributed by atoms with Gasteiger partial charge in [0.25, 0.3) is 0 Å². The molecule has 0 aromatic heterocycles. The van der Waals surface area contributed by atoms with Crippen LogP contribution in [0.15, 0.2) is 0 Å². The highest BCUT2D eigenvalue weighted by atomic mass is 19.4. The van der Waals surface area contributed by atoms with Gasteiger partial charge in [-0.15, -0.1) is 0 Å². The van der Waals surface area contributed by atoms with Gasteiger partial charge in [-0.1, -0.05) is 12.8 Å². The van der Waals surface area contributed by atoms with Crippen molar-refractivity contribution < 1.29 is 26.3 Å². The Morgan fingerprint density at radius 2 is 1.31 bits per heavy atom. The molecule has 78 valence electrons. The second kappa shape index (κ2) is 3.06. The molecule has 1 rings (SSSR count). The van der Waals surface area contributed by atoms with Crippen molar-refractivity contribution in [1.82, 2.24) is 0 Å². The minimum Gasteiger partial charge on any atom is -0.170 e. The molecule has 1 saturated carbocycles. The van der Waals surface area contributed by atoms with Gasteiger partial charge in [-0.05, 0) is 12.3 Å². The van der Waals surface area contributed by atoms with E-state index in [2.05, 4.69) is 0 Å². The smallest absolute Gasteiger partial charge is 0.170 e. The van der Waals surface area contributed by atoms with Crippen LogP contribution in [0.2, 0.25) is 0 Å². The molecule has 0 unspecified atom stereocenters. The lowest BCUT2D eigenvalue weighted by Crippen LogP contribution is -2.36. The van der Waals surface area contributed by atoms with E-state index in [0.717, 1.165) is 0 Å². The van der Waals surface area contributed by atoms with E-state index in [9.17, 15) is 26.3 Å². The summed E-state index contributed by atoms with van der Waals surface area (Å²) in [5, 5.41) is 0. The van der Waals surface area contributed by atoms with Crippen LogP contribution in [0, 0.1) is 11.8 Å². The molecular formula is C7H8F6. The Kier molecular flexibility index (Phi) is 2.51. The van der Waals surface area contributed by atoms with E-state index in [1.54, 1.807) is 0 Å². The van der Waals surface area contributed by atoms with Crippen molar-refractivity contribution in [2.75, 3.05) is 0 Å².